The van der Waals surface area contributed by atoms with Gasteiger partial charge in [0.15, 0.2) is 0 Å². The quantitative estimate of drug-likeness (QED) is 0.782. The summed E-state index contributed by atoms with van der Waals surface area (Å²) in [5.74, 6) is 1.45. The normalized spacial score (nSPS) is 18.8. The zero-order valence-corrected chi connectivity index (χ0v) is 17.3. The summed E-state index contributed by atoms with van der Waals surface area (Å²) < 4.78 is 0. The molecule has 0 atom stereocenters. The van der Waals surface area contributed by atoms with Crippen molar-refractivity contribution in [1.82, 2.24) is 19.8 Å². The van der Waals surface area contributed by atoms with E-state index in [9.17, 15) is 4.79 Å². The zero-order chi connectivity index (χ0) is 20.1. The van der Waals surface area contributed by atoms with Gasteiger partial charge in [0.05, 0.1) is 5.56 Å². The fourth-order valence-corrected chi connectivity index (χ4v) is 4.33. The summed E-state index contributed by atoms with van der Waals surface area (Å²) in [6, 6.07) is 10.6. The molecule has 6 nitrogen and oxygen atoms in total. The maximum absolute atomic E-state index is 12.9. The molecule has 29 heavy (non-hydrogen) atoms. The van der Waals surface area contributed by atoms with Crippen LogP contribution in [0.4, 0.5) is 5.95 Å². The van der Waals surface area contributed by atoms with Gasteiger partial charge in [0, 0.05) is 51.7 Å². The van der Waals surface area contributed by atoms with Gasteiger partial charge in [0.2, 0.25) is 5.95 Å². The van der Waals surface area contributed by atoms with E-state index in [2.05, 4.69) is 57.0 Å². The van der Waals surface area contributed by atoms with Crippen LogP contribution in [-0.2, 0) is 6.42 Å². The number of likely N-dealkylation sites (tertiary alicyclic amines) is 1. The maximum Gasteiger partial charge on any atom is 0.256 e. The maximum atomic E-state index is 12.9. The third kappa shape index (κ3) is 4.93. The van der Waals surface area contributed by atoms with Gasteiger partial charge in [-0.05, 0) is 37.3 Å². The molecular formula is C23H31N5O. The largest absolute Gasteiger partial charge is 0.339 e. The molecule has 6 heteroatoms. The summed E-state index contributed by atoms with van der Waals surface area (Å²) in [4.78, 5) is 28.4. The second-order valence-electron chi connectivity index (χ2n) is 8.12. The number of carbonyl (C=O) groups excluding carboxylic acids is 1. The molecule has 0 aliphatic carbocycles. The molecule has 2 aliphatic rings. The van der Waals surface area contributed by atoms with Crippen molar-refractivity contribution in [3.05, 3.63) is 53.9 Å². The van der Waals surface area contributed by atoms with E-state index in [1.165, 1.54) is 5.56 Å². The van der Waals surface area contributed by atoms with Crippen molar-refractivity contribution in [3.8, 4) is 0 Å². The van der Waals surface area contributed by atoms with Gasteiger partial charge in [-0.3, -0.25) is 4.79 Å². The summed E-state index contributed by atoms with van der Waals surface area (Å²) in [5, 5.41) is 0. The van der Waals surface area contributed by atoms with E-state index < -0.39 is 0 Å². The van der Waals surface area contributed by atoms with E-state index in [4.69, 9.17) is 0 Å². The van der Waals surface area contributed by atoms with Crippen molar-refractivity contribution in [2.45, 2.75) is 26.2 Å². The lowest BCUT2D eigenvalue weighted by Crippen LogP contribution is -2.46. The van der Waals surface area contributed by atoms with Crippen molar-refractivity contribution >= 4 is 11.9 Å². The molecule has 0 unspecified atom stereocenters. The lowest BCUT2D eigenvalue weighted by Gasteiger charge is -2.34. The van der Waals surface area contributed by atoms with Crippen molar-refractivity contribution in [1.29, 1.82) is 0 Å². The molecule has 1 amide bonds. The number of nitrogens with zero attached hydrogens (tertiary/aromatic N) is 5. The second kappa shape index (κ2) is 9.35. The van der Waals surface area contributed by atoms with Crippen LogP contribution in [0.5, 0.6) is 0 Å². The topological polar surface area (TPSA) is 52.6 Å². The van der Waals surface area contributed by atoms with E-state index in [0.717, 1.165) is 71.0 Å². The van der Waals surface area contributed by atoms with Crippen LogP contribution in [-0.4, -0.2) is 71.5 Å². The summed E-state index contributed by atoms with van der Waals surface area (Å²) >= 11 is 0. The highest BCUT2D eigenvalue weighted by Gasteiger charge is 2.25. The molecule has 4 rings (SSSR count). The molecule has 0 radical (unpaired) electrons. The number of likely N-dealkylation sites (N-methyl/N-ethyl adjacent to an activating group) is 1. The molecule has 0 spiro atoms. The van der Waals surface area contributed by atoms with Crippen LogP contribution < -0.4 is 4.90 Å². The Hall–Kier alpha value is -2.47. The standard InChI is InChI=1S/C23H31N5O/c1-2-26-12-14-28(15-13-26)23-24-17-21(18-25-23)22(29)27-10-8-20(9-11-27)16-19-6-4-3-5-7-19/h3-7,17-18,20H,2,8-16H2,1H3. The Morgan fingerprint density at radius 2 is 1.62 bits per heavy atom. The van der Waals surface area contributed by atoms with Crippen LogP contribution in [0.25, 0.3) is 0 Å². The third-order valence-corrected chi connectivity index (χ3v) is 6.26. The Labute approximate surface area is 173 Å². The van der Waals surface area contributed by atoms with Crippen LogP contribution in [0, 0.1) is 5.92 Å². The van der Waals surface area contributed by atoms with Crippen LogP contribution in [0.15, 0.2) is 42.7 Å². The highest BCUT2D eigenvalue weighted by atomic mass is 16.2. The lowest BCUT2D eigenvalue weighted by atomic mass is 9.90. The van der Waals surface area contributed by atoms with Gasteiger partial charge in [0.1, 0.15) is 0 Å². The first kappa shape index (κ1) is 19.8. The van der Waals surface area contributed by atoms with Crippen molar-refractivity contribution in [3.63, 3.8) is 0 Å². The van der Waals surface area contributed by atoms with E-state index in [0.29, 0.717) is 11.5 Å². The molecule has 0 saturated carbocycles. The van der Waals surface area contributed by atoms with Crippen molar-refractivity contribution < 1.29 is 4.79 Å². The minimum atomic E-state index is 0.0607. The predicted molar refractivity (Wildman–Crippen MR) is 115 cm³/mol. The number of amides is 1. The number of hydrogen-bond donors (Lipinski definition) is 0. The van der Waals surface area contributed by atoms with E-state index in [-0.39, 0.29) is 5.91 Å². The summed E-state index contributed by atoms with van der Waals surface area (Å²) in [7, 11) is 0. The summed E-state index contributed by atoms with van der Waals surface area (Å²) in [6.07, 6.45) is 6.62. The zero-order valence-electron chi connectivity index (χ0n) is 17.3. The fourth-order valence-electron chi connectivity index (χ4n) is 4.33. The average Bonchev–Trinajstić information content (AvgIpc) is 2.80. The van der Waals surface area contributed by atoms with Gasteiger partial charge in [-0.15, -0.1) is 0 Å². The molecule has 2 aromatic rings. The minimum absolute atomic E-state index is 0.0607. The summed E-state index contributed by atoms with van der Waals surface area (Å²) in [5.41, 5.74) is 1.99. The lowest BCUT2D eigenvalue weighted by molar-refractivity contribution is 0.0689. The number of aromatic nitrogens is 2. The number of carbonyl (C=O) groups is 1. The van der Waals surface area contributed by atoms with Crippen LogP contribution >= 0.6 is 0 Å². The molecule has 0 bridgehead atoms. The van der Waals surface area contributed by atoms with Gasteiger partial charge in [-0.2, -0.15) is 0 Å². The van der Waals surface area contributed by atoms with E-state index in [1.54, 1.807) is 12.4 Å². The Morgan fingerprint density at radius 1 is 0.966 bits per heavy atom. The van der Waals surface area contributed by atoms with Crippen LogP contribution in [0.2, 0.25) is 0 Å². The number of piperazine rings is 1. The van der Waals surface area contributed by atoms with Gasteiger partial charge in [-0.1, -0.05) is 37.3 Å². The van der Waals surface area contributed by atoms with E-state index >= 15 is 0 Å². The number of benzene rings is 1. The van der Waals surface area contributed by atoms with Gasteiger partial charge in [0.25, 0.3) is 5.91 Å². The number of anilines is 1. The Kier molecular flexibility index (Phi) is 6.39. The molecule has 1 aromatic heterocycles. The number of piperidine rings is 1. The number of rotatable bonds is 5. The fraction of sp³-hybridized carbons (Fsp3) is 0.522. The smallest absolute Gasteiger partial charge is 0.256 e. The molecule has 0 N–H and O–H groups in total. The molecular weight excluding hydrogens is 362 g/mol. The van der Waals surface area contributed by atoms with Gasteiger partial charge >= 0.3 is 0 Å². The predicted octanol–water partition coefficient (Wildman–Crippen LogP) is 2.71. The molecule has 2 aliphatic heterocycles. The Bertz CT molecular complexity index is 779. The molecule has 1 aromatic carbocycles. The van der Waals surface area contributed by atoms with Crippen LogP contribution in [0.1, 0.15) is 35.7 Å². The molecule has 154 valence electrons. The monoisotopic (exact) mass is 393 g/mol. The van der Waals surface area contributed by atoms with Crippen molar-refractivity contribution in [2.75, 3.05) is 50.7 Å². The van der Waals surface area contributed by atoms with Gasteiger partial charge < -0.3 is 14.7 Å². The first-order valence-corrected chi connectivity index (χ1v) is 10.9. The molecule has 2 saturated heterocycles. The Balaban J connectivity index is 1.29. The highest BCUT2D eigenvalue weighted by Crippen LogP contribution is 2.23. The SMILES string of the molecule is CCN1CCN(c2ncc(C(=O)N3CCC(Cc4ccccc4)CC3)cn2)CC1. The second-order valence-corrected chi connectivity index (χ2v) is 8.12. The van der Waals surface area contributed by atoms with E-state index in [1.807, 2.05) is 4.90 Å². The minimum Gasteiger partial charge on any atom is -0.339 e. The summed E-state index contributed by atoms with van der Waals surface area (Å²) in [6.45, 7) is 8.87. The first-order valence-electron chi connectivity index (χ1n) is 10.9. The molecule has 2 fully saturated rings. The third-order valence-electron chi connectivity index (χ3n) is 6.26. The number of hydrogen-bond acceptors (Lipinski definition) is 5. The van der Waals surface area contributed by atoms with Crippen molar-refractivity contribution in [2.24, 2.45) is 5.92 Å². The highest BCUT2D eigenvalue weighted by molar-refractivity contribution is 5.93. The van der Waals surface area contributed by atoms with Gasteiger partial charge in [-0.25, -0.2) is 9.97 Å². The average molecular weight is 394 g/mol. The molecule has 3 heterocycles. The first-order chi connectivity index (χ1) is 14.2. The Morgan fingerprint density at radius 3 is 2.24 bits per heavy atom. The van der Waals surface area contributed by atoms with Crippen LogP contribution in [0.3, 0.4) is 0 Å².